The van der Waals surface area contributed by atoms with Crippen LogP contribution in [0.3, 0.4) is 0 Å². The lowest BCUT2D eigenvalue weighted by molar-refractivity contribution is -0.0286. The highest BCUT2D eigenvalue weighted by atomic mass is 35.5. The molecular weight excluding hydrogens is 481 g/mol. The molecule has 1 aliphatic heterocycles. The molecule has 9 heteroatoms. The minimum atomic E-state index is -0.338. The van der Waals surface area contributed by atoms with Gasteiger partial charge in [-0.15, -0.1) is 0 Å². The van der Waals surface area contributed by atoms with Crippen molar-refractivity contribution < 1.29 is 9.13 Å². The first-order chi connectivity index (χ1) is 17.4. The predicted octanol–water partition coefficient (Wildman–Crippen LogP) is 4.50. The quantitative estimate of drug-likeness (QED) is 0.455. The first kappa shape index (κ1) is 24.5. The Morgan fingerprint density at radius 1 is 1.14 bits per heavy atom. The Bertz CT molecular complexity index is 1360. The van der Waals surface area contributed by atoms with Crippen molar-refractivity contribution >= 4 is 34.0 Å². The Hall–Kier alpha value is -3.15. The molecule has 7 nitrogen and oxygen atoms in total. The molecule has 1 aliphatic carbocycles. The molecule has 0 spiro atoms. The molecule has 0 unspecified atom stereocenters. The number of nitrogens with zero attached hydrogens (tertiary/aromatic N) is 5. The second-order valence-corrected chi connectivity index (χ2v) is 10.2. The molecular formula is C27H29ClFN5O2. The van der Waals surface area contributed by atoms with Crippen LogP contribution in [0.15, 0.2) is 41.2 Å². The molecule has 1 aromatic carbocycles. The molecule has 3 heterocycles. The molecule has 2 aliphatic rings. The molecule has 2 fully saturated rings. The lowest BCUT2D eigenvalue weighted by Gasteiger charge is -2.43. The summed E-state index contributed by atoms with van der Waals surface area (Å²) in [6.45, 7) is 2.41. The van der Waals surface area contributed by atoms with Crippen molar-refractivity contribution in [1.29, 1.82) is 5.26 Å². The van der Waals surface area contributed by atoms with Crippen LogP contribution < -0.4 is 15.4 Å². The topological polar surface area (TPSA) is 74.4 Å². The summed E-state index contributed by atoms with van der Waals surface area (Å²) < 4.78 is 20.4. The highest BCUT2D eigenvalue weighted by molar-refractivity contribution is 6.29. The molecule has 3 aromatic rings. The summed E-state index contributed by atoms with van der Waals surface area (Å²) in [4.78, 5) is 21.9. The average Bonchev–Trinajstić information content (AvgIpc) is 2.86. The number of hydrogen-bond donors (Lipinski definition) is 0. The molecule has 1 saturated carbocycles. The number of aromatic nitrogens is 2. The maximum atomic E-state index is 13.6. The lowest BCUT2D eigenvalue weighted by Crippen LogP contribution is -2.48. The summed E-state index contributed by atoms with van der Waals surface area (Å²) >= 11 is 6.21. The summed E-state index contributed by atoms with van der Waals surface area (Å²) in [5, 5.41) is 10.2. The van der Waals surface area contributed by atoms with Crippen LogP contribution in [0.5, 0.6) is 0 Å². The van der Waals surface area contributed by atoms with Crippen LogP contribution in [-0.2, 0) is 11.8 Å². The zero-order valence-electron chi connectivity index (χ0n) is 20.5. The smallest absolute Gasteiger partial charge is 0.270 e. The summed E-state index contributed by atoms with van der Waals surface area (Å²) in [6.07, 6.45) is 3.67. The van der Waals surface area contributed by atoms with Crippen molar-refractivity contribution in [2.45, 2.75) is 37.8 Å². The largest absolute Gasteiger partial charge is 0.381 e. The van der Waals surface area contributed by atoms with Crippen LogP contribution in [0.25, 0.3) is 11.0 Å². The third kappa shape index (κ3) is 4.54. The Kier molecular flexibility index (Phi) is 6.87. The number of ether oxygens (including phenoxy) is 1. The van der Waals surface area contributed by atoms with E-state index < -0.39 is 0 Å². The number of halogens is 2. The third-order valence-electron chi connectivity index (χ3n) is 7.62. The highest BCUT2D eigenvalue weighted by Gasteiger charge is 2.33. The molecule has 1 saturated heterocycles. The second kappa shape index (κ2) is 10.1. The molecule has 2 aromatic heterocycles. The molecule has 188 valence electrons. The van der Waals surface area contributed by atoms with Gasteiger partial charge in [0.25, 0.3) is 5.56 Å². The van der Waals surface area contributed by atoms with Gasteiger partial charge in [-0.1, -0.05) is 11.6 Å². The fourth-order valence-corrected chi connectivity index (χ4v) is 5.67. The van der Waals surface area contributed by atoms with Crippen LogP contribution in [0.4, 0.5) is 15.8 Å². The van der Waals surface area contributed by atoms with Gasteiger partial charge in [0.1, 0.15) is 28.1 Å². The van der Waals surface area contributed by atoms with Gasteiger partial charge < -0.3 is 19.1 Å². The van der Waals surface area contributed by atoms with E-state index in [0.717, 1.165) is 51.1 Å². The SMILES string of the molecule is Cn1c(=O)c(C#N)c(N(C)[C@H]2CC[C@H](N(CC3COC3)c3ccc(F)cc3)CC2)c2nc(Cl)ccc21. The van der Waals surface area contributed by atoms with Gasteiger partial charge in [0, 0.05) is 44.3 Å². The Morgan fingerprint density at radius 2 is 1.81 bits per heavy atom. The maximum Gasteiger partial charge on any atom is 0.270 e. The molecule has 0 atom stereocenters. The maximum absolute atomic E-state index is 13.6. The van der Waals surface area contributed by atoms with Crippen LogP contribution >= 0.6 is 11.6 Å². The van der Waals surface area contributed by atoms with Crippen LogP contribution in [0.1, 0.15) is 31.2 Å². The van der Waals surface area contributed by atoms with E-state index in [1.807, 2.05) is 24.1 Å². The monoisotopic (exact) mass is 509 g/mol. The van der Waals surface area contributed by atoms with Crippen molar-refractivity contribution in [2.24, 2.45) is 13.0 Å². The van der Waals surface area contributed by atoms with Crippen molar-refractivity contribution in [3.05, 3.63) is 63.3 Å². The van der Waals surface area contributed by atoms with Crippen molar-refractivity contribution in [1.82, 2.24) is 9.55 Å². The normalized spacial score (nSPS) is 20.1. The number of benzene rings is 1. The van der Waals surface area contributed by atoms with Gasteiger partial charge in [0.05, 0.1) is 24.4 Å². The highest BCUT2D eigenvalue weighted by Crippen LogP contribution is 2.35. The Balaban J connectivity index is 1.40. The summed E-state index contributed by atoms with van der Waals surface area (Å²) in [5.41, 5.74) is 2.52. The number of fused-ring (bicyclic) bond motifs is 1. The number of aryl methyl sites for hydroxylation is 1. The molecule has 0 radical (unpaired) electrons. The van der Waals surface area contributed by atoms with E-state index in [1.165, 1.54) is 16.7 Å². The molecule has 36 heavy (non-hydrogen) atoms. The second-order valence-electron chi connectivity index (χ2n) is 9.81. The fourth-order valence-electron chi connectivity index (χ4n) is 5.52. The van der Waals surface area contributed by atoms with E-state index >= 15 is 0 Å². The van der Waals surface area contributed by atoms with Crippen LogP contribution in [0.2, 0.25) is 5.15 Å². The standard InChI is InChI=1S/C27H29ClFN5O2/c1-32(26-22(13-30)27(35)33(2)23-11-12-24(28)31-25(23)26)19-7-9-21(10-8-19)34(14-17-15-36-16-17)20-5-3-18(29)4-6-20/h3-6,11-12,17,19,21H,7-10,14-16H2,1-2H3/t19-,21-. The van der Waals surface area contributed by atoms with E-state index in [-0.39, 0.29) is 23.0 Å². The molecule has 0 N–H and O–H groups in total. The van der Waals surface area contributed by atoms with Gasteiger partial charge in [-0.05, 0) is 62.1 Å². The lowest BCUT2D eigenvalue weighted by atomic mass is 9.88. The minimum absolute atomic E-state index is 0.0855. The Labute approximate surface area is 214 Å². The van der Waals surface area contributed by atoms with Crippen molar-refractivity contribution in [2.75, 3.05) is 36.6 Å². The summed E-state index contributed by atoms with van der Waals surface area (Å²) in [5.74, 6) is 0.246. The van der Waals surface area contributed by atoms with Gasteiger partial charge in [0.2, 0.25) is 0 Å². The summed E-state index contributed by atoms with van der Waals surface area (Å²) in [6, 6.07) is 12.7. The van der Waals surface area contributed by atoms with E-state index in [4.69, 9.17) is 16.3 Å². The van der Waals surface area contributed by atoms with Crippen molar-refractivity contribution in [3.63, 3.8) is 0 Å². The number of nitriles is 1. The number of pyridine rings is 2. The van der Waals surface area contributed by atoms with Gasteiger partial charge in [0.15, 0.2) is 0 Å². The van der Waals surface area contributed by atoms with Crippen molar-refractivity contribution in [3.8, 4) is 6.07 Å². The van der Waals surface area contributed by atoms with E-state index in [9.17, 15) is 14.4 Å². The number of anilines is 2. The first-order valence-corrected chi connectivity index (χ1v) is 12.7. The van der Waals surface area contributed by atoms with Gasteiger partial charge in [-0.3, -0.25) is 4.79 Å². The Morgan fingerprint density at radius 3 is 2.42 bits per heavy atom. The van der Waals surface area contributed by atoms with Gasteiger partial charge in [-0.2, -0.15) is 5.26 Å². The summed E-state index contributed by atoms with van der Waals surface area (Å²) in [7, 11) is 3.58. The van der Waals surface area contributed by atoms with Gasteiger partial charge >= 0.3 is 0 Å². The van der Waals surface area contributed by atoms with Crippen LogP contribution in [-0.4, -0.2) is 48.4 Å². The third-order valence-corrected chi connectivity index (χ3v) is 7.83. The molecule has 5 rings (SSSR count). The number of hydrogen-bond acceptors (Lipinski definition) is 6. The predicted molar refractivity (Wildman–Crippen MR) is 139 cm³/mol. The zero-order valence-corrected chi connectivity index (χ0v) is 21.2. The van der Waals surface area contributed by atoms with E-state index in [1.54, 1.807) is 19.2 Å². The van der Waals surface area contributed by atoms with Gasteiger partial charge in [-0.25, -0.2) is 9.37 Å². The first-order valence-electron chi connectivity index (χ1n) is 12.3. The van der Waals surface area contributed by atoms with Crippen LogP contribution in [0, 0.1) is 23.1 Å². The zero-order chi connectivity index (χ0) is 25.4. The fraction of sp³-hybridized carbons (Fsp3) is 0.444. The molecule has 0 bridgehead atoms. The molecule has 0 amide bonds. The average molecular weight is 510 g/mol. The minimum Gasteiger partial charge on any atom is -0.381 e. The number of rotatable bonds is 6. The van der Waals surface area contributed by atoms with E-state index in [0.29, 0.717) is 33.8 Å². The van der Waals surface area contributed by atoms with E-state index in [2.05, 4.69) is 16.0 Å².